The first-order valence-corrected chi connectivity index (χ1v) is 15.2. The maximum absolute atomic E-state index is 13.9. The molecule has 4 aromatic rings. The van der Waals surface area contributed by atoms with E-state index in [9.17, 15) is 19.5 Å². The van der Waals surface area contributed by atoms with Crippen LogP contribution in [0.2, 0.25) is 5.02 Å². The van der Waals surface area contributed by atoms with Crippen LogP contribution in [0.5, 0.6) is 0 Å². The number of amides is 1. The van der Waals surface area contributed by atoms with Crippen molar-refractivity contribution in [3.05, 3.63) is 110 Å². The lowest BCUT2D eigenvalue weighted by atomic mass is 9.52. The van der Waals surface area contributed by atoms with Crippen LogP contribution in [0.15, 0.2) is 77.6 Å². The van der Waals surface area contributed by atoms with Gasteiger partial charge in [0.05, 0.1) is 18.2 Å². The van der Waals surface area contributed by atoms with Gasteiger partial charge in [0, 0.05) is 39.7 Å². The first-order valence-electron chi connectivity index (χ1n) is 14.9. The van der Waals surface area contributed by atoms with Crippen LogP contribution in [0.3, 0.4) is 0 Å². The second-order valence-corrected chi connectivity index (χ2v) is 13.0. The lowest BCUT2D eigenvalue weighted by Crippen LogP contribution is -2.61. The lowest BCUT2D eigenvalue weighted by molar-refractivity contribution is -0.136. The molecule has 8 heteroatoms. The minimum Gasteiger partial charge on any atom is -0.464 e. The van der Waals surface area contributed by atoms with Gasteiger partial charge < -0.3 is 19.7 Å². The number of carbonyl (C=O) groups excluding carboxylic acids is 2. The molecule has 1 heterocycles. The van der Waals surface area contributed by atoms with E-state index in [4.69, 9.17) is 16.3 Å². The quantitative estimate of drug-likeness (QED) is 0.279. The molecule has 220 valence electrons. The summed E-state index contributed by atoms with van der Waals surface area (Å²) in [6, 6.07) is 21.6. The smallest absolute Gasteiger partial charge is 0.355 e. The molecule has 2 atom stereocenters. The summed E-state index contributed by atoms with van der Waals surface area (Å²) in [5.41, 5.74) is 2.15. The van der Waals surface area contributed by atoms with E-state index < -0.39 is 11.6 Å². The Balaban J connectivity index is 1.21. The molecule has 4 fully saturated rings. The van der Waals surface area contributed by atoms with E-state index in [-0.39, 0.29) is 29.5 Å². The Hall–Kier alpha value is -3.94. The van der Waals surface area contributed by atoms with E-state index in [1.807, 2.05) is 42.5 Å². The summed E-state index contributed by atoms with van der Waals surface area (Å²) in [7, 11) is 1.30. The maximum atomic E-state index is 13.9. The molecule has 8 rings (SSSR count). The topological polar surface area (TPSA) is 97.6 Å². The Morgan fingerprint density at radius 1 is 1.00 bits per heavy atom. The molecule has 3 aromatic carbocycles. The predicted octanol–water partition coefficient (Wildman–Crippen LogP) is 5.69. The number of benzene rings is 3. The van der Waals surface area contributed by atoms with Crippen molar-refractivity contribution in [2.75, 3.05) is 7.11 Å². The van der Waals surface area contributed by atoms with Crippen LogP contribution in [0.1, 0.15) is 64.1 Å². The molecule has 7 nitrogen and oxygen atoms in total. The molecule has 0 spiro atoms. The molecule has 2 N–H and O–H groups in total. The van der Waals surface area contributed by atoms with Gasteiger partial charge in [0.1, 0.15) is 5.69 Å². The monoisotopic (exact) mass is 596 g/mol. The van der Waals surface area contributed by atoms with Gasteiger partial charge in [0.15, 0.2) is 5.43 Å². The van der Waals surface area contributed by atoms with Gasteiger partial charge >= 0.3 is 5.97 Å². The van der Waals surface area contributed by atoms with Gasteiger partial charge in [0.2, 0.25) is 0 Å². The number of methoxy groups -OCH3 is 1. The van der Waals surface area contributed by atoms with Gasteiger partial charge in [-0.2, -0.15) is 0 Å². The summed E-state index contributed by atoms with van der Waals surface area (Å²) in [4.78, 5) is 40.4. The van der Waals surface area contributed by atoms with E-state index in [1.54, 1.807) is 34.9 Å². The molecule has 1 aromatic heterocycles. The van der Waals surface area contributed by atoms with Crippen LogP contribution in [0.25, 0.3) is 16.6 Å². The van der Waals surface area contributed by atoms with E-state index >= 15 is 0 Å². The standard InChI is InChI=1S/C35H33ClN2O5/c1-43-34(41)31-28(32(39)27-12-11-25(36)16-29(27)38(31)26-5-3-2-4-6-26)15-20-7-9-22(10-8-20)33(40)37-30-23-13-21-14-24(30)19-35(42,17-21)18-23/h2-12,16,21,23-24,30,42H,13-15,17-19H2,1H3,(H,37,40). The first-order chi connectivity index (χ1) is 20.7. The van der Waals surface area contributed by atoms with Gasteiger partial charge in [-0.25, -0.2) is 4.79 Å². The Morgan fingerprint density at radius 2 is 1.70 bits per heavy atom. The number of hydrogen-bond acceptors (Lipinski definition) is 5. The fraction of sp³-hybridized carbons (Fsp3) is 0.343. The second-order valence-electron chi connectivity index (χ2n) is 12.5. The van der Waals surface area contributed by atoms with E-state index in [0.29, 0.717) is 50.5 Å². The molecular weight excluding hydrogens is 564 g/mol. The second kappa shape index (κ2) is 10.6. The van der Waals surface area contributed by atoms with Crippen molar-refractivity contribution in [3.8, 4) is 5.69 Å². The molecule has 4 saturated carbocycles. The number of halogens is 1. The number of aromatic nitrogens is 1. The number of carbonyl (C=O) groups is 2. The molecule has 0 saturated heterocycles. The Kier molecular flexibility index (Phi) is 6.90. The third-order valence-corrected chi connectivity index (χ3v) is 9.99. The van der Waals surface area contributed by atoms with Crippen molar-refractivity contribution in [2.24, 2.45) is 17.8 Å². The van der Waals surface area contributed by atoms with E-state index in [0.717, 1.165) is 37.7 Å². The summed E-state index contributed by atoms with van der Waals surface area (Å²) in [6.45, 7) is 0. The summed E-state index contributed by atoms with van der Waals surface area (Å²) in [5.74, 6) is 0.467. The van der Waals surface area contributed by atoms with Crippen LogP contribution in [-0.4, -0.2) is 40.3 Å². The van der Waals surface area contributed by atoms with Crippen molar-refractivity contribution < 1.29 is 19.4 Å². The number of fused-ring (bicyclic) bond motifs is 1. The molecular formula is C35H33ClN2O5. The lowest BCUT2D eigenvalue weighted by Gasteiger charge is -2.58. The molecule has 4 bridgehead atoms. The highest BCUT2D eigenvalue weighted by Gasteiger charge is 2.55. The van der Waals surface area contributed by atoms with Crippen molar-refractivity contribution in [1.29, 1.82) is 0 Å². The number of aliphatic hydroxyl groups is 1. The summed E-state index contributed by atoms with van der Waals surface area (Å²) in [6.07, 6.45) is 4.76. The third kappa shape index (κ3) is 4.94. The third-order valence-electron chi connectivity index (χ3n) is 9.76. The maximum Gasteiger partial charge on any atom is 0.355 e. The number of esters is 1. The molecule has 43 heavy (non-hydrogen) atoms. The first kappa shape index (κ1) is 27.9. The molecule has 0 aliphatic heterocycles. The number of pyridine rings is 1. The zero-order chi connectivity index (χ0) is 29.9. The molecule has 4 aliphatic carbocycles. The number of hydrogen-bond donors (Lipinski definition) is 2. The fourth-order valence-electron chi connectivity index (χ4n) is 8.16. The Morgan fingerprint density at radius 3 is 2.35 bits per heavy atom. The average molecular weight is 597 g/mol. The minimum atomic E-state index is -0.630. The number of ether oxygens (including phenoxy) is 1. The van der Waals surface area contributed by atoms with Crippen LogP contribution < -0.4 is 10.7 Å². The summed E-state index contributed by atoms with van der Waals surface area (Å²) < 4.78 is 6.91. The van der Waals surface area contributed by atoms with E-state index in [1.165, 1.54) is 7.11 Å². The zero-order valence-corrected chi connectivity index (χ0v) is 24.6. The van der Waals surface area contributed by atoms with E-state index in [2.05, 4.69) is 5.32 Å². The van der Waals surface area contributed by atoms with Crippen molar-refractivity contribution in [1.82, 2.24) is 9.88 Å². The SMILES string of the molecule is COC(=O)c1c(Cc2ccc(C(=O)NC3C4CC5CC3CC(O)(C5)C4)cc2)c(=O)c2ccc(Cl)cc2n1-c1ccccc1. The van der Waals surface area contributed by atoms with Gasteiger partial charge in [-0.3, -0.25) is 9.59 Å². The Labute approximate surface area is 254 Å². The number of nitrogens with one attached hydrogen (secondary N) is 1. The molecule has 1 amide bonds. The van der Waals surface area contributed by atoms with Crippen molar-refractivity contribution in [3.63, 3.8) is 0 Å². The van der Waals surface area contributed by atoms with Gasteiger partial charge in [-0.1, -0.05) is 41.9 Å². The number of nitrogens with zero attached hydrogens (tertiary/aromatic N) is 1. The van der Waals surface area contributed by atoms with Crippen LogP contribution >= 0.6 is 11.6 Å². The zero-order valence-electron chi connectivity index (χ0n) is 23.9. The molecule has 2 unspecified atom stereocenters. The average Bonchev–Trinajstić information content (AvgIpc) is 2.99. The largest absolute Gasteiger partial charge is 0.464 e. The Bertz CT molecular complexity index is 1780. The predicted molar refractivity (Wildman–Crippen MR) is 165 cm³/mol. The van der Waals surface area contributed by atoms with Crippen molar-refractivity contribution in [2.45, 2.75) is 50.2 Å². The van der Waals surface area contributed by atoms with Crippen LogP contribution in [-0.2, 0) is 11.2 Å². The number of para-hydroxylation sites is 1. The van der Waals surface area contributed by atoms with Crippen LogP contribution in [0, 0.1) is 17.8 Å². The van der Waals surface area contributed by atoms with Crippen molar-refractivity contribution >= 4 is 34.4 Å². The fourth-order valence-corrected chi connectivity index (χ4v) is 8.32. The highest BCUT2D eigenvalue weighted by Crippen LogP contribution is 2.55. The minimum absolute atomic E-state index is 0.0918. The normalized spacial score (nSPS) is 25.6. The van der Waals surface area contributed by atoms with Gasteiger partial charge in [-0.15, -0.1) is 0 Å². The van der Waals surface area contributed by atoms with Crippen LogP contribution in [0.4, 0.5) is 0 Å². The summed E-state index contributed by atoms with van der Waals surface area (Å²) in [5, 5.41) is 15.1. The summed E-state index contributed by atoms with van der Waals surface area (Å²) >= 11 is 6.33. The highest BCUT2D eigenvalue weighted by molar-refractivity contribution is 6.31. The van der Waals surface area contributed by atoms with Gasteiger partial charge in [0.25, 0.3) is 5.91 Å². The van der Waals surface area contributed by atoms with Gasteiger partial charge in [-0.05, 0) is 97.9 Å². The molecule has 4 aliphatic rings. The molecule has 0 radical (unpaired) electrons. The number of rotatable bonds is 6. The highest BCUT2D eigenvalue weighted by atomic mass is 35.5.